The second-order valence-corrected chi connectivity index (χ2v) is 6.05. The van der Waals surface area contributed by atoms with Crippen LogP contribution in [-0.4, -0.2) is 20.6 Å². The summed E-state index contributed by atoms with van der Waals surface area (Å²) < 4.78 is 27.2. The average Bonchev–Trinajstić information content (AvgIpc) is 3.32. The van der Waals surface area contributed by atoms with Crippen LogP contribution in [0.4, 0.5) is 20.2 Å². The van der Waals surface area contributed by atoms with E-state index in [-0.39, 0.29) is 23.2 Å². The maximum Gasteiger partial charge on any atom is 0.283 e. The first-order valence-corrected chi connectivity index (χ1v) is 7.83. The molecule has 3 rings (SSSR count). The Morgan fingerprint density at radius 3 is 2.56 bits per heavy atom. The highest BCUT2D eigenvalue weighted by atomic mass is 35.5. The second kappa shape index (κ2) is 6.75. The number of benzene rings is 1. The van der Waals surface area contributed by atoms with Gasteiger partial charge in [-0.3, -0.25) is 19.6 Å². The molecule has 1 amide bonds. The monoisotopic (exact) mass is 370 g/mol. The van der Waals surface area contributed by atoms with Gasteiger partial charge in [-0.1, -0.05) is 11.6 Å². The van der Waals surface area contributed by atoms with Gasteiger partial charge in [0, 0.05) is 23.7 Å². The van der Waals surface area contributed by atoms with Crippen LogP contribution in [0.25, 0.3) is 0 Å². The van der Waals surface area contributed by atoms with E-state index in [1.54, 1.807) is 0 Å². The van der Waals surface area contributed by atoms with Crippen molar-refractivity contribution in [2.45, 2.75) is 31.7 Å². The number of nitro benzene ring substituents is 1. The summed E-state index contributed by atoms with van der Waals surface area (Å²) in [6.45, 7) is -0.269. The van der Waals surface area contributed by atoms with Gasteiger partial charge >= 0.3 is 0 Å². The molecule has 1 N–H and O–H groups in total. The number of aromatic nitrogens is 2. The second-order valence-electron chi connectivity index (χ2n) is 5.67. The molecule has 7 nitrogen and oxygen atoms in total. The van der Waals surface area contributed by atoms with Crippen molar-refractivity contribution in [3.8, 4) is 0 Å². The Hall–Kier alpha value is -2.55. The topological polar surface area (TPSA) is 90.1 Å². The molecule has 0 bridgehead atoms. The number of carbonyl (C=O) groups excluding carboxylic acids is 1. The number of non-ortho nitro benzene ring substituents is 1. The summed E-state index contributed by atoms with van der Waals surface area (Å²) in [7, 11) is 0. The van der Waals surface area contributed by atoms with Crippen LogP contribution in [0, 0.1) is 10.1 Å². The van der Waals surface area contributed by atoms with Crippen molar-refractivity contribution in [3.05, 3.63) is 50.8 Å². The minimum atomic E-state index is -2.82. The molecule has 1 aromatic carbocycles. The number of halogens is 3. The number of anilines is 1. The van der Waals surface area contributed by atoms with Crippen LogP contribution in [0.1, 0.15) is 36.6 Å². The van der Waals surface area contributed by atoms with Crippen LogP contribution < -0.4 is 5.32 Å². The van der Waals surface area contributed by atoms with E-state index in [0.717, 1.165) is 12.8 Å². The third-order valence-electron chi connectivity index (χ3n) is 3.78. The third kappa shape index (κ3) is 3.76. The summed E-state index contributed by atoms with van der Waals surface area (Å²) in [5.74, 6) is -0.449. The lowest BCUT2D eigenvalue weighted by Crippen LogP contribution is -2.21. The first-order valence-electron chi connectivity index (χ1n) is 7.45. The Morgan fingerprint density at radius 1 is 1.40 bits per heavy atom. The molecule has 25 heavy (non-hydrogen) atoms. The highest BCUT2D eigenvalue weighted by Crippen LogP contribution is 2.45. The van der Waals surface area contributed by atoms with Crippen LogP contribution in [0.2, 0.25) is 5.02 Å². The largest absolute Gasteiger partial charge is 0.324 e. The molecule has 1 fully saturated rings. The number of carbonyl (C=O) groups is 1. The minimum absolute atomic E-state index is 0.0414. The van der Waals surface area contributed by atoms with Gasteiger partial charge in [0.1, 0.15) is 12.2 Å². The van der Waals surface area contributed by atoms with Crippen molar-refractivity contribution in [3.63, 3.8) is 0 Å². The molecular formula is C15H13ClF2N4O3. The van der Waals surface area contributed by atoms with Gasteiger partial charge in [-0.05, 0) is 25.0 Å². The Labute approximate surface area is 145 Å². The molecule has 10 heteroatoms. The van der Waals surface area contributed by atoms with Crippen LogP contribution in [0.5, 0.6) is 0 Å². The van der Waals surface area contributed by atoms with Gasteiger partial charge in [-0.25, -0.2) is 8.78 Å². The summed E-state index contributed by atoms with van der Waals surface area (Å²) in [4.78, 5) is 22.2. The first-order chi connectivity index (χ1) is 11.9. The van der Waals surface area contributed by atoms with E-state index in [1.807, 2.05) is 0 Å². The fourth-order valence-electron chi connectivity index (χ4n) is 2.48. The van der Waals surface area contributed by atoms with Crippen molar-refractivity contribution in [2.75, 3.05) is 5.32 Å². The third-order valence-corrected chi connectivity index (χ3v) is 4.17. The number of hydrogen-bond donors (Lipinski definition) is 1. The zero-order chi connectivity index (χ0) is 18.1. The van der Waals surface area contributed by atoms with Crippen LogP contribution in [0.15, 0.2) is 24.3 Å². The molecule has 0 atom stereocenters. The molecule has 0 radical (unpaired) electrons. The lowest BCUT2D eigenvalue weighted by molar-refractivity contribution is -0.384. The molecule has 0 spiro atoms. The molecule has 1 aliphatic rings. The van der Waals surface area contributed by atoms with Crippen molar-refractivity contribution in [1.82, 2.24) is 9.78 Å². The van der Waals surface area contributed by atoms with Gasteiger partial charge in [-0.15, -0.1) is 0 Å². The number of hydrogen-bond acceptors (Lipinski definition) is 4. The van der Waals surface area contributed by atoms with E-state index in [4.69, 9.17) is 11.6 Å². The molecule has 2 aromatic rings. The highest BCUT2D eigenvalue weighted by Gasteiger charge is 2.34. The predicted molar refractivity (Wildman–Crippen MR) is 85.9 cm³/mol. The summed E-state index contributed by atoms with van der Waals surface area (Å²) in [6, 6.07) is 5.28. The fraction of sp³-hybridized carbons (Fsp3) is 0.333. The summed E-state index contributed by atoms with van der Waals surface area (Å²) >= 11 is 5.99. The molecule has 1 aromatic heterocycles. The lowest BCUT2D eigenvalue weighted by atomic mass is 10.2. The van der Waals surface area contributed by atoms with Gasteiger partial charge in [0.15, 0.2) is 0 Å². The zero-order valence-electron chi connectivity index (χ0n) is 12.8. The van der Waals surface area contributed by atoms with Gasteiger partial charge in [-0.2, -0.15) is 5.10 Å². The van der Waals surface area contributed by atoms with Crippen LogP contribution >= 0.6 is 11.6 Å². The van der Waals surface area contributed by atoms with E-state index in [1.165, 1.54) is 28.9 Å². The Bertz CT molecular complexity index is 819. The Morgan fingerprint density at radius 2 is 2.04 bits per heavy atom. The van der Waals surface area contributed by atoms with Crippen LogP contribution in [-0.2, 0) is 11.3 Å². The molecule has 0 unspecified atom stereocenters. The fourth-order valence-corrected chi connectivity index (χ4v) is 2.85. The summed E-state index contributed by atoms with van der Waals surface area (Å²) in [5.41, 5.74) is 0.188. The number of nitrogens with one attached hydrogen (secondary N) is 1. The molecule has 1 heterocycles. The minimum Gasteiger partial charge on any atom is -0.324 e. The van der Waals surface area contributed by atoms with Crippen molar-refractivity contribution in [2.24, 2.45) is 0 Å². The smallest absolute Gasteiger partial charge is 0.283 e. The van der Waals surface area contributed by atoms with E-state index in [2.05, 4.69) is 10.4 Å². The number of rotatable bonds is 6. The predicted octanol–water partition coefficient (Wildman–Crippen LogP) is 3.90. The maximum absolute atomic E-state index is 13.0. The lowest BCUT2D eigenvalue weighted by Gasteiger charge is -2.08. The van der Waals surface area contributed by atoms with Gasteiger partial charge in [0.25, 0.3) is 12.1 Å². The van der Waals surface area contributed by atoms with Crippen LogP contribution in [0.3, 0.4) is 0 Å². The van der Waals surface area contributed by atoms with E-state index in [9.17, 15) is 23.7 Å². The molecule has 0 saturated heterocycles. The number of nitro groups is 1. The molecule has 1 aliphatic carbocycles. The van der Waals surface area contributed by atoms with E-state index < -0.39 is 22.9 Å². The molecule has 0 aliphatic heterocycles. The standard InChI is InChI=1S/C15H13ClF2N4O3/c16-12-13(15(17)18)20-21(14(12)8-1-2-8)7-11(23)19-9-3-5-10(6-4-9)22(24)25/h3-6,8,15H,1-2,7H2,(H,19,23). The quantitative estimate of drug-likeness (QED) is 0.616. The highest BCUT2D eigenvalue weighted by molar-refractivity contribution is 6.32. The SMILES string of the molecule is O=C(Cn1nc(C(F)F)c(Cl)c1C1CC1)Nc1ccc([N+](=O)[O-])cc1. The van der Waals surface area contributed by atoms with E-state index >= 15 is 0 Å². The normalized spacial score (nSPS) is 13.9. The van der Waals surface area contributed by atoms with Crippen molar-refractivity contribution < 1.29 is 18.5 Å². The number of amides is 1. The van der Waals surface area contributed by atoms with E-state index in [0.29, 0.717) is 11.4 Å². The van der Waals surface area contributed by atoms with Gasteiger partial charge in [0.2, 0.25) is 5.91 Å². The summed E-state index contributed by atoms with van der Waals surface area (Å²) in [5, 5.41) is 16.8. The Kier molecular flexibility index (Phi) is 4.67. The van der Waals surface area contributed by atoms with Crippen molar-refractivity contribution in [1.29, 1.82) is 0 Å². The zero-order valence-corrected chi connectivity index (χ0v) is 13.5. The van der Waals surface area contributed by atoms with Gasteiger partial charge in [0.05, 0.1) is 15.6 Å². The molecule has 1 saturated carbocycles. The first kappa shape index (κ1) is 17.3. The van der Waals surface area contributed by atoms with Gasteiger partial charge < -0.3 is 5.32 Å². The summed E-state index contributed by atoms with van der Waals surface area (Å²) in [6.07, 6.45) is -1.18. The number of alkyl halides is 2. The average molecular weight is 371 g/mol. The number of nitrogens with zero attached hydrogens (tertiary/aromatic N) is 3. The van der Waals surface area contributed by atoms with Crippen molar-refractivity contribution >= 4 is 28.9 Å². The maximum atomic E-state index is 13.0. The Balaban J connectivity index is 1.74. The molecular weight excluding hydrogens is 358 g/mol. The molecule has 132 valence electrons.